The third kappa shape index (κ3) is 2.30. The molecule has 66 valence electrons. The molecule has 0 aromatic carbocycles. The molecule has 0 saturated heterocycles. The standard InChI is InChI=1S/C8H9FO2S/c1-12(10,11)8-4-2-3-7(9)5-6-8/h2-3,5-6H,4H2,1H3. The van der Waals surface area contributed by atoms with Crippen molar-refractivity contribution in [2.24, 2.45) is 0 Å². The molecule has 0 heterocycles. The first kappa shape index (κ1) is 9.19. The van der Waals surface area contributed by atoms with E-state index in [2.05, 4.69) is 0 Å². The smallest absolute Gasteiger partial charge is 0.172 e. The van der Waals surface area contributed by atoms with Gasteiger partial charge in [0.2, 0.25) is 0 Å². The van der Waals surface area contributed by atoms with Crippen molar-refractivity contribution in [2.45, 2.75) is 6.42 Å². The maximum atomic E-state index is 12.5. The summed E-state index contributed by atoms with van der Waals surface area (Å²) < 4.78 is 34.5. The molecule has 4 heteroatoms. The van der Waals surface area contributed by atoms with E-state index in [1.807, 2.05) is 0 Å². The lowest BCUT2D eigenvalue weighted by Crippen LogP contribution is -1.99. The molecule has 0 aliphatic heterocycles. The van der Waals surface area contributed by atoms with Crippen molar-refractivity contribution < 1.29 is 12.8 Å². The molecule has 0 spiro atoms. The van der Waals surface area contributed by atoms with Gasteiger partial charge in [0.05, 0.1) is 0 Å². The first-order chi connectivity index (χ1) is 5.50. The number of hydrogen-bond acceptors (Lipinski definition) is 2. The van der Waals surface area contributed by atoms with Gasteiger partial charge >= 0.3 is 0 Å². The van der Waals surface area contributed by atoms with E-state index in [4.69, 9.17) is 0 Å². The quantitative estimate of drug-likeness (QED) is 0.628. The summed E-state index contributed by atoms with van der Waals surface area (Å²) in [6.45, 7) is 0. The van der Waals surface area contributed by atoms with Crippen molar-refractivity contribution in [2.75, 3.05) is 6.26 Å². The van der Waals surface area contributed by atoms with Crippen LogP contribution in [0.25, 0.3) is 0 Å². The van der Waals surface area contributed by atoms with E-state index in [1.54, 1.807) is 0 Å². The summed E-state index contributed by atoms with van der Waals surface area (Å²) in [4.78, 5) is 0.242. The molecule has 0 aromatic heterocycles. The molecule has 2 nitrogen and oxygen atoms in total. The third-order valence-electron chi connectivity index (χ3n) is 1.50. The van der Waals surface area contributed by atoms with Gasteiger partial charge in [0.25, 0.3) is 0 Å². The Balaban J connectivity index is 3.05. The lowest BCUT2D eigenvalue weighted by atomic mass is 10.4. The van der Waals surface area contributed by atoms with Crippen LogP contribution in [0.4, 0.5) is 4.39 Å². The molecule has 0 N–H and O–H groups in total. The highest BCUT2D eigenvalue weighted by molar-refractivity contribution is 7.94. The van der Waals surface area contributed by atoms with Gasteiger partial charge < -0.3 is 0 Å². The Morgan fingerprint density at radius 2 is 2.08 bits per heavy atom. The average Bonchev–Trinajstić information content (AvgIpc) is 2.11. The van der Waals surface area contributed by atoms with Crippen molar-refractivity contribution in [1.29, 1.82) is 0 Å². The van der Waals surface area contributed by atoms with E-state index < -0.39 is 15.7 Å². The number of halogens is 1. The van der Waals surface area contributed by atoms with Crippen LogP contribution in [0.3, 0.4) is 0 Å². The van der Waals surface area contributed by atoms with Crippen molar-refractivity contribution in [3.8, 4) is 0 Å². The zero-order chi connectivity index (χ0) is 9.19. The van der Waals surface area contributed by atoms with Crippen LogP contribution < -0.4 is 0 Å². The van der Waals surface area contributed by atoms with Gasteiger partial charge in [-0.05, 0) is 18.2 Å². The van der Waals surface area contributed by atoms with Gasteiger partial charge in [0.15, 0.2) is 9.84 Å². The normalized spacial score (nSPS) is 18.2. The largest absolute Gasteiger partial charge is 0.224 e. The number of sulfone groups is 1. The van der Waals surface area contributed by atoms with Crippen LogP contribution in [0.15, 0.2) is 35.0 Å². The zero-order valence-electron chi connectivity index (χ0n) is 6.62. The topological polar surface area (TPSA) is 34.1 Å². The van der Waals surface area contributed by atoms with E-state index in [-0.39, 0.29) is 11.3 Å². The van der Waals surface area contributed by atoms with Crippen molar-refractivity contribution >= 4 is 9.84 Å². The third-order valence-corrected chi connectivity index (χ3v) is 2.76. The lowest BCUT2D eigenvalue weighted by molar-refractivity contribution is 0.607. The minimum atomic E-state index is -3.17. The average molecular weight is 188 g/mol. The zero-order valence-corrected chi connectivity index (χ0v) is 7.44. The van der Waals surface area contributed by atoms with Crippen molar-refractivity contribution in [1.82, 2.24) is 0 Å². The van der Waals surface area contributed by atoms with E-state index in [1.165, 1.54) is 18.2 Å². The molecule has 0 unspecified atom stereocenters. The first-order valence-corrected chi connectivity index (χ1v) is 5.32. The molecule has 0 atom stereocenters. The van der Waals surface area contributed by atoms with Gasteiger partial charge in [0.1, 0.15) is 5.83 Å². The highest BCUT2D eigenvalue weighted by Gasteiger charge is 2.09. The molecule has 0 bridgehead atoms. The summed E-state index contributed by atoms with van der Waals surface area (Å²) in [5.74, 6) is -0.423. The summed E-state index contributed by atoms with van der Waals surface area (Å²) in [7, 11) is -3.17. The second kappa shape index (κ2) is 3.23. The Morgan fingerprint density at radius 3 is 2.67 bits per heavy atom. The molecule has 1 aliphatic rings. The summed E-state index contributed by atoms with van der Waals surface area (Å²) in [5.41, 5.74) is 0. The first-order valence-electron chi connectivity index (χ1n) is 3.43. The molecule has 1 aliphatic carbocycles. The van der Waals surface area contributed by atoms with E-state index in [0.717, 1.165) is 12.3 Å². The van der Waals surface area contributed by atoms with Gasteiger partial charge in [-0.2, -0.15) is 0 Å². The predicted molar refractivity (Wildman–Crippen MR) is 45.9 cm³/mol. The summed E-state index contributed by atoms with van der Waals surface area (Å²) in [6, 6.07) is 0. The highest BCUT2D eigenvalue weighted by atomic mass is 32.2. The van der Waals surface area contributed by atoms with Crippen LogP contribution in [-0.2, 0) is 9.84 Å². The van der Waals surface area contributed by atoms with Gasteiger partial charge in [0, 0.05) is 17.6 Å². The van der Waals surface area contributed by atoms with Crippen LogP contribution in [0.1, 0.15) is 6.42 Å². The Bertz CT molecular complexity index is 361. The Hall–Kier alpha value is -0.900. The van der Waals surface area contributed by atoms with Crippen LogP contribution >= 0.6 is 0 Å². The van der Waals surface area contributed by atoms with Gasteiger partial charge in [-0.15, -0.1) is 0 Å². The summed E-state index contributed by atoms with van der Waals surface area (Å²) in [5, 5.41) is 0. The molecule has 0 aromatic rings. The Kier molecular flexibility index (Phi) is 2.47. The minimum absolute atomic E-state index is 0.242. The molecular formula is C8H9FO2S. The van der Waals surface area contributed by atoms with Crippen molar-refractivity contribution in [3.63, 3.8) is 0 Å². The van der Waals surface area contributed by atoms with Crippen molar-refractivity contribution in [3.05, 3.63) is 35.0 Å². The summed E-state index contributed by atoms with van der Waals surface area (Å²) >= 11 is 0. The monoisotopic (exact) mass is 188 g/mol. The fourth-order valence-electron chi connectivity index (χ4n) is 0.859. The second-order valence-electron chi connectivity index (χ2n) is 2.56. The van der Waals surface area contributed by atoms with Crippen LogP contribution in [0.5, 0.6) is 0 Å². The second-order valence-corrected chi connectivity index (χ2v) is 4.63. The fourth-order valence-corrected chi connectivity index (χ4v) is 1.57. The molecule has 0 radical (unpaired) electrons. The summed E-state index contributed by atoms with van der Waals surface area (Å²) in [6.07, 6.45) is 6.58. The maximum Gasteiger partial charge on any atom is 0.172 e. The Labute approximate surface area is 71.0 Å². The van der Waals surface area contributed by atoms with E-state index >= 15 is 0 Å². The van der Waals surface area contributed by atoms with Crippen LogP contribution in [0.2, 0.25) is 0 Å². The van der Waals surface area contributed by atoms with Crippen LogP contribution in [0, 0.1) is 0 Å². The minimum Gasteiger partial charge on any atom is -0.224 e. The molecule has 0 fully saturated rings. The van der Waals surface area contributed by atoms with Gasteiger partial charge in [-0.3, -0.25) is 0 Å². The number of hydrogen-bond donors (Lipinski definition) is 0. The lowest BCUT2D eigenvalue weighted by Gasteiger charge is -1.97. The fraction of sp³-hybridized carbons (Fsp3) is 0.250. The molecular weight excluding hydrogens is 179 g/mol. The highest BCUT2D eigenvalue weighted by Crippen LogP contribution is 2.16. The molecule has 0 amide bonds. The van der Waals surface area contributed by atoms with Gasteiger partial charge in [-0.25, -0.2) is 12.8 Å². The molecule has 0 saturated carbocycles. The van der Waals surface area contributed by atoms with Crippen LogP contribution in [-0.4, -0.2) is 14.7 Å². The predicted octanol–water partition coefficient (Wildman–Crippen LogP) is 1.73. The molecule has 1 rings (SSSR count). The molecule has 12 heavy (non-hydrogen) atoms. The SMILES string of the molecule is CS(=O)(=O)C1=CC=C(F)C=CC1. The van der Waals surface area contributed by atoms with Gasteiger partial charge in [-0.1, -0.05) is 6.08 Å². The number of rotatable bonds is 1. The Morgan fingerprint density at radius 1 is 1.42 bits per heavy atom. The number of allylic oxidation sites excluding steroid dienone is 6. The van der Waals surface area contributed by atoms with E-state index in [9.17, 15) is 12.8 Å². The van der Waals surface area contributed by atoms with E-state index in [0.29, 0.717) is 0 Å². The maximum absolute atomic E-state index is 12.5.